The molecule has 5 N–H and O–H groups in total. The van der Waals surface area contributed by atoms with Gasteiger partial charge in [-0.3, -0.25) is 18.3 Å². The van der Waals surface area contributed by atoms with Crippen molar-refractivity contribution in [3.05, 3.63) is 239 Å². The van der Waals surface area contributed by atoms with Crippen molar-refractivity contribution in [1.29, 1.82) is 0 Å². The van der Waals surface area contributed by atoms with Gasteiger partial charge in [-0.1, -0.05) is 258 Å². The fourth-order valence-corrected chi connectivity index (χ4v) is 21.4. The quantitative estimate of drug-likeness (QED) is 0.0537. The molecule has 548 valence electrons. The van der Waals surface area contributed by atoms with Crippen LogP contribution < -0.4 is 35.6 Å². The summed E-state index contributed by atoms with van der Waals surface area (Å²) in [5.41, 5.74) is 8.88. The number of fused-ring (bicyclic) bond motifs is 6. The topological polar surface area (TPSA) is 214 Å². The van der Waals surface area contributed by atoms with Crippen LogP contribution in [-0.4, -0.2) is 44.5 Å². The van der Waals surface area contributed by atoms with Crippen molar-refractivity contribution in [2.45, 2.75) is 182 Å². The summed E-state index contributed by atoms with van der Waals surface area (Å²) >= 11 is 0. The van der Waals surface area contributed by atoms with Crippen LogP contribution in [0.3, 0.4) is 0 Å². The van der Waals surface area contributed by atoms with E-state index in [2.05, 4.69) is 41.5 Å². The molecule has 0 aromatic heterocycles. The molecule has 5 atom stereocenters. The van der Waals surface area contributed by atoms with E-state index < -0.39 is 37.5 Å². The molecule has 0 aliphatic carbocycles. The molecule has 0 spiro atoms. The molecular weight excluding hydrogens is 1380 g/mol. The molecule has 0 saturated heterocycles. The van der Waals surface area contributed by atoms with E-state index in [0.717, 1.165) is 66.2 Å². The highest BCUT2D eigenvalue weighted by molar-refractivity contribution is 7.68. The summed E-state index contributed by atoms with van der Waals surface area (Å²) in [4.78, 5) is 19.9. The number of phenols is 3. The molecule has 2 aliphatic rings. The highest BCUT2D eigenvalue weighted by Gasteiger charge is 2.40. The number of para-hydroxylation sites is 2. The third kappa shape index (κ3) is 19.5. The third-order valence-electron chi connectivity index (χ3n) is 18.4. The van der Waals surface area contributed by atoms with Crippen molar-refractivity contribution in [3.63, 3.8) is 0 Å². The number of aromatic hydroxyl groups is 3. The zero-order chi connectivity index (χ0) is 76.3. The van der Waals surface area contributed by atoms with Gasteiger partial charge in [0.25, 0.3) is 14.7 Å². The normalized spacial score (nSPS) is 17.0. The second-order valence-corrected chi connectivity index (χ2v) is 43.8. The molecule has 18 heteroatoms. The number of phenolic OH excluding ortho intramolecular Hbond substituents is 3. The molecular formula is C85H106O13P5+. The Morgan fingerprint density at radius 2 is 0.680 bits per heavy atom. The van der Waals surface area contributed by atoms with E-state index in [0.29, 0.717) is 75.6 Å². The van der Waals surface area contributed by atoms with Crippen LogP contribution in [0, 0.1) is 0 Å². The van der Waals surface area contributed by atoms with E-state index in [4.69, 9.17) is 13.6 Å². The number of unbranched alkanes of at least 4 members (excludes halogenated alkanes) is 1. The molecule has 9 aromatic carbocycles. The molecule has 13 nitrogen and oxygen atoms in total. The summed E-state index contributed by atoms with van der Waals surface area (Å²) in [6.45, 7) is 36.5. The molecule has 5 unspecified atom stereocenters. The molecule has 103 heavy (non-hydrogen) atoms. The summed E-state index contributed by atoms with van der Waals surface area (Å²) in [6, 6.07) is 60.1. The Kier molecular flexibility index (Phi) is 25.0. The van der Waals surface area contributed by atoms with Crippen molar-refractivity contribution in [1.82, 2.24) is 0 Å². The van der Waals surface area contributed by atoms with Crippen LogP contribution in [0.5, 0.6) is 28.7 Å². The molecule has 0 bridgehead atoms. The van der Waals surface area contributed by atoms with Gasteiger partial charge in [0.15, 0.2) is 0 Å². The van der Waals surface area contributed by atoms with Gasteiger partial charge in [-0.2, -0.15) is 4.89 Å². The molecule has 9 aromatic rings. The largest absolute Gasteiger partial charge is 0.546 e. The van der Waals surface area contributed by atoms with Crippen LogP contribution in [0.4, 0.5) is 0 Å². The van der Waals surface area contributed by atoms with E-state index in [9.17, 15) is 47.9 Å². The zero-order valence-corrected chi connectivity index (χ0v) is 67.9. The molecule has 2 aliphatic heterocycles. The summed E-state index contributed by atoms with van der Waals surface area (Å²) < 4.78 is 83.4. The van der Waals surface area contributed by atoms with Gasteiger partial charge < -0.3 is 33.8 Å². The van der Waals surface area contributed by atoms with Gasteiger partial charge in [-0.25, -0.2) is 0 Å². The maximum Gasteiger partial charge on any atom is 0.546 e. The first-order valence-electron chi connectivity index (χ1n) is 35.0. The smallest absolute Gasteiger partial charge is 0.507 e. The monoisotopic (exact) mass is 1490 g/mol. The first kappa shape index (κ1) is 81.5. The molecule has 0 radical (unpaired) electrons. The highest BCUT2D eigenvalue weighted by Crippen LogP contribution is 2.58. The lowest BCUT2D eigenvalue weighted by atomic mass is 9.78. The van der Waals surface area contributed by atoms with Crippen LogP contribution in [0.2, 0.25) is 0 Å². The standard InChI is InChI=1S/C28H24O4P2.C22H31O3P.C21H29O3P.C14H21O3P/c29-33(27-17-7-3-13-23(27)21-11-1-5-15-25(21)31-33)19-9-10-20-34(30)28-18-8-4-14-24(28)22-12-2-6-16-26(22)32-34;1-21(2,3)18-13-16(14-19(20(18)23)22(4,5)6)15-26(24,25-7)17-11-9-8-10-12-17;1-20(2,3)17-12-15(13-18(19(17)22)21(4,5)6)14-25(23,24)16-10-8-7-9-11-16;1-13(2,3)10-7-9(18(16)17)8-11(12(10)15)14(4,5)6/h1-8,11-18H,9-10,19-20H2;8-14,23H,15H2,1-7H3;7-13,22H,14H2,1-6H3,(H,23,24);7-8H,1-6H3,(H-,15,16,17)/p+1. The van der Waals surface area contributed by atoms with Crippen molar-refractivity contribution in [3.8, 4) is 51.0 Å². The summed E-state index contributed by atoms with van der Waals surface area (Å²) in [5, 5.41) is 35.1. The molecule has 2 heterocycles. The third-order valence-corrected chi connectivity index (χ3v) is 28.5. The second-order valence-electron chi connectivity index (χ2n) is 33.0. The van der Waals surface area contributed by atoms with Gasteiger partial charge in [0.2, 0.25) is 20.0 Å². The Hall–Kier alpha value is -7.12. The van der Waals surface area contributed by atoms with E-state index in [1.54, 1.807) is 36.4 Å². The lowest BCUT2D eigenvalue weighted by molar-refractivity contribution is 0.401. The van der Waals surface area contributed by atoms with Gasteiger partial charge in [0.1, 0.15) is 28.7 Å². The zero-order valence-electron chi connectivity index (χ0n) is 63.5. The SMILES string of the molecule is CC(C)(C)c1cc(CP(=O)(O)c2ccccc2)cc(C(C)(C)C)c1O.CC(C)(C)c1cc([P+](=O)O)cc(C(C)(C)C)c1O.COP(=O)(Cc1cc(C(C)(C)C)c(O)c(C(C)(C)C)c1)c1ccccc1.O=P1(CCCCP2(=O)Oc3ccccc3-c3ccccc32)Oc2ccccc2-c2ccccc21. The summed E-state index contributed by atoms with van der Waals surface area (Å²) in [6.07, 6.45) is 2.42. The van der Waals surface area contributed by atoms with Crippen LogP contribution in [0.15, 0.2) is 194 Å². The number of benzene rings is 9. The van der Waals surface area contributed by atoms with Gasteiger partial charge in [-0.15, -0.1) is 0 Å². The fraction of sp³-hybridized carbons (Fsp3) is 0.365. The van der Waals surface area contributed by atoms with Crippen molar-refractivity contribution < 1.29 is 61.5 Å². The minimum Gasteiger partial charge on any atom is -0.507 e. The average Bonchev–Trinajstić information content (AvgIpc) is 0.761. The molecule has 0 saturated carbocycles. The van der Waals surface area contributed by atoms with E-state index in [1.807, 2.05) is 241 Å². The van der Waals surface area contributed by atoms with E-state index >= 15 is 0 Å². The maximum absolute atomic E-state index is 14.0. The van der Waals surface area contributed by atoms with E-state index in [-0.39, 0.29) is 50.2 Å². The average molecular weight is 1490 g/mol. The number of hydrogen-bond donors (Lipinski definition) is 5. The van der Waals surface area contributed by atoms with Crippen LogP contribution in [0.1, 0.15) is 182 Å². The lowest BCUT2D eigenvalue weighted by Crippen LogP contribution is -2.21. The van der Waals surface area contributed by atoms with Crippen molar-refractivity contribution >= 4 is 64.0 Å². The molecule has 0 fully saturated rings. The Labute approximate surface area is 613 Å². The Morgan fingerprint density at radius 3 is 1.00 bits per heavy atom. The highest BCUT2D eigenvalue weighted by atomic mass is 31.2. The van der Waals surface area contributed by atoms with Crippen LogP contribution in [-0.2, 0) is 72.2 Å². The Bertz CT molecular complexity index is 4510. The van der Waals surface area contributed by atoms with Gasteiger partial charge in [-0.05, 0) is 143 Å². The minimum absolute atomic E-state index is 0.0590. The van der Waals surface area contributed by atoms with Crippen molar-refractivity contribution in [2.75, 3.05) is 19.4 Å². The Morgan fingerprint density at radius 1 is 0.398 bits per heavy atom. The van der Waals surface area contributed by atoms with E-state index in [1.165, 1.54) is 7.11 Å². The molecule has 11 rings (SSSR count). The number of rotatable bonds is 13. The number of hydrogen-bond acceptors (Lipinski definition) is 11. The van der Waals surface area contributed by atoms with Gasteiger partial charge in [0.05, 0.1) is 22.9 Å². The lowest BCUT2D eigenvalue weighted by Gasteiger charge is -2.30. The molecule has 0 amide bonds. The van der Waals surface area contributed by atoms with Gasteiger partial charge in [0, 0.05) is 64.4 Å². The summed E-state index contributed by atoms with van der Waals surface area (Å²) in [5.74, 6) is 2.18. The van der Waals surface area contributed by atoms with Crippen LogP contribution >= 0.6 is 37.5 Å². The fourth-order valence-electron chi connectivity index (χ4n) is 12.8. The second kappa shape index (κ2) is 31.5. The van der Waals surface area contributed by atoms with Gasteiger partial charge >= 0.3 is 8.03 Å². The first-order valence-corrected chi connectivity index (χ1v) is 43.5. The predicted octanol–water partition coefficient (Wildman–Crippen LogP) is 21.3. The summed E-state index contributed by atoms with van der Waals surface area (Å²) in [7, 11) is -13.6. The van der Waals surface area contributed by atoms with Crippen molar-refractivity contribution in [2.24, 2.45) is 0 Å². The minimum atomic E-state index is -3.51. The predicted molar refractivity (Wildman–Crippen MR) is 428 cm³/mol. The Balaban J connectivity index is 0.000000179. The maximum atomic E-state index is 14.0. The first-order chi connectivity index (χ1) is 47.7. The van der Waals surface area contributed by atoms with Crippen LogP contribution in [0.25, 0.3) is 22.3 Å².